The number of rotatable bonds is 6. The number of halogens is 1. The van der Waals surface area contributed by atoms with Crippen molar-refractivity contribution in [1.29, 1.82) is 0 Å². The molecule has 0 amide bonds. The van der Waals surface area contributed by atoms with Crippen molar-refractivity contribution in [2.45, 2.75) is 31.8 Å². The summed E-state index contributed by atoms with van der Waals surface area (Å²) in [5, 5.41) is 0. The van der Waals surface area contributed by atoms with Crippen LogP contribution in [0.1, 0.15) is 29.0 Å². The number of fused-ring (bicyclic) bond motifs is 3. The van der Waals surface area contributed by atoms with Gasteiger partial charge in [-0.3, -0.25) is 9.78 Å². The first kappa shape index (κ1) is 17.9. The van der Waals surface area contributed by atoms with Gasteiger partial charge in [0, 0.05) is 42.6 Å². The molecule has 0 bridgehead atoms. The van der Waals surface area contributed by atoms with E-state index in [1.165, 1.54) is 6.07 Å². The fraction of sp³-hybridized carbons (Fsp3) is 0.250. The SMILES string of the molecule is Cc1cc(CC(=O)C[C@@H]2[C@H]3Oc4ccc(Oc5ccncc5)cc4[C@@H]23)ccc1F. The Morgan fingerprint density at radius 2 is 1.93 bits per heavy atom. The summed E-state index contributed by atoms with van der Waals surface area (Å²) in [6.07, 6.45) is 4.25. The summed E-state index contributed by atoms with van der Waals surface area (Å²) in [5.41, 5.74) is 2.53. The van der Waals surface area contributed by atoms with Crippen LogP contribution in [0.5, 0.6) is 17.2 Å². The zero-order valence-electron chi connectivity index (χ0n) is 16.0. The highest BCUT2D eigenvalue weighted by Crippen LogP contribution is 2.60. The molecule has 4 nitrogen and oxygen atoms in total. The molecule has 1 saturated carbocycles. The van der Waals surface area contributed by atoms with Crippen LogP contribution in [-0.4, -0.2) is 16.9 Å². The first-order valence-electron chi connectivity index (χ1n) is 9.74. The molecule has 1 aliphatic heterocycles. The van der Waals surface area contributed by atoms with Crippen molar-refractivity contribution in [3.63, 3.8) is 0 Å². The van der Waals surface area contributed by atoms with Crippen LogP contribution in [0.3, 0.4) is 0 Å². The summed E-state index contributed by atoms with van der Waals surface area (Å²) in [5.74, 6) is 2.71. The van der Waals surface area contributed by atoms with Gasteiger partial charge in [0.15, 0.2) is 0 Å². The van der Waals surface area contributed by atoms with Crippen LogP contribution in [-0.2, 0) is 11.2 Å². The largest absolute Gasteiger partial charge is 0.489 e. The third-order valence-corrected chi connectivity index (χ3v) is 5.67. The maximum Gasteiger partial charge on any atom is 0.137 e. The first-order valence-corrected chi connectivity index (χ1v) is 9.74. The minimum atomic E-state index is -0.243. The van der Waals surface area contributed by atoms with E-state index in [0.29, 0.717) is 18.4 Å². The minimum Gasteiger partial charge on any atom is -0.489 e. The van der Waals surface area contributed by atoms with E-state index >= 15 is 0 Å². The predicted molar refractivity (Wildman–Crippen MR) is 106 cm³/mol. The molecule has 29 heavy (non-hydrogen) atoms. The number of carbonyl (C=O) groups excluding carboxylic acids is 1. The fourth-order valence-corrected chi connectivity index (χ4v) is 4.18. The van der Waals surface area contributed by atoms with Gasteiger partial charge in [-0.15, -0.1) is 0 Å². The molecule has 1 aliphatic carbocycles. The van der Waals surface area contributed by atoms with Crippen LogP contribution in [0, 0.1) is 18.7 Å². The van der Waals surface area contributed by atoms with Crippen molar-refractivity contribution < 1.29 is 18.7 Å². The zero-order valence-corrected chi connectivity index (χ0v) is 16.0. The molecule has 1 fully saturated rings. The number of hydrogen-bond donors (Lipinski definition) is 0. The van der Waals surface area contributed by atoms with Crippen LogP contribution < -0.4 is 9.47 Å². The summed E-state index contributed by atoms with van der Waals surface area (Å²) in [7, 11) is 0. The second-order valence-electron chi connectivity index (χ2n) is 7.76. The van der Waals surface area contributed by atoms with E-state index < -0.39 is 0 Å². The normalized spacial score (nSPS) is 21.1. The Morgan fingerprint density at radius 1 is 1.10 bits per heavy atom. The van der Waals surface area contributed by atoms with Crippen LogP contribution in [0.2, 0.25) is 0 Å². The van der Waals surface area contributed by atoms with Gasteiger partial charge in [-0.05, 0) is 54.4 Å². The van der Waals surface area contributed by atoms with Crippen molar-refractivity contribution >= 4 is 5.78 Å². The highest BCUT2D eigenvalue weighted by atomic mass is 19.1. The molecule has 3 aromatic rings. The van der Waals surface area contributed by atoms with Gasteiger partial charge in [0.1, 0.15) is 35.0 Å². The molecule has 3 atom stereocenters. The number of ether oxygens (including phenoxy) is 2. The van der Waals surface area contributed by atoms with E-state index in [9.17, 15) is 9.18 Å². The summed E-state index contributed by atoms with van der Waals surface area (Å²) in [6, 6.07) is 14.3. The Hall–Kier alpha value is -3.21. The maximum absolute atomic E-state index is 13.4. The number of nitrogens with zero attached hydrogens (tertiary/aromatic N) is 1. The van der Waals surface area contributed by atoms with Crippen LogP contribution in [0.4, 0.5) is 4.39 Å². The second-order valence-corrected chi connectivity index (χ2v) is 7.76. The molecule has 0 radical (unpaired) electrons. The van der Waals surface area contributed by atoms with E-state index in [4.69, 9.17) is 9.47 Å². The van der Waals surface area contributed by atoms with Crippen LogP contribution >= 0.6 is 0 Å². The number of Topliss-reactive ketones (excluding diaryl/α,β-unsaturated/α-hetero) is 1. The molecule has 2 aromatic carbocycles. The zero-order chi connectivity index (χ0) is 20.0. The maximum atomic E-state index is 13.4. The van der Waals surface area contributed by atoms with Gasteiger partial charge >= 0.3 is 0 Å². The monoisotopic (exact) mass is 389 g/mol. The minimum absolute atomic E-state index is 0.0695. The van der Waals surface area contributed by atoms with E-state index in [1.807, 2.05) is 30.3 Å². The third kappa shape index (κ3) is 3.48. The average Bonchev–Trinajstić information content (AvgIpc) is 3.22. The summed E-state index contributed by atoms with van der Waals surface area (Å²) in [4.78, 5) is 16.5. The van der Waals surface area contributed by atoms with Crippen molar-refractivity contribution in [1.82, 2.24) is 4.98 Å². The molecule has 5 heteroatoms. The van der Waals surface area contributed by atoms with Gasteiger partial charge in [-0.25, -0.2) is 4.39 Å². The number of carbonyl (C=O) groups is 1. The van der Waals surface area contributed by atoms with Gasteiger partial charge in [0.2, 0.25) is 0 Å². The Bertz CT molecular complexity index is 1080. The number of aryl methyl sites for hydroxylation is 1. The Kier molecular flexibility index (Phi) is 4.31. The molecule has 2 heterocycles. The van der Waals surface area contributed by atoms with Gasteiger partial charge in [-0.1, -0.05) is 12.1 Å². The number of hydrogen-bond acceptors (Lipinski definition) is 4. The van der Waals surface area contributed by atoms with E-state index in [-0.39, 0.29) is 29.5 Å². The lowest BCUT2D eigenvalue weighted by Gasteiger charge is -2.11. The van der Waals surface area contributed by atoms with Gasteiger partial charge in [-0.2, -0.15) is 0 Å². The molecule has 0 spiro atoms. The molecule has 1 aromatic heterocycles. The van der Waals surface area contributed by atoms with Crippen molar-refractivity contribution in [3.05, 3.63) is 83.4 Å². The molecule has 0 saturated heterocycles. The average molecular weight is 389 g/mol. The highest BCUT2D eigenvalue weighted by Gasteiger charge is 2.58. The number of pyridine rings is 1. The molecule has 0 unspecified atom stereocenters. The third-order valence-electron chi connectivity index (χ3n) is 5.67. The molecule has 0 N–H and O–H groups in total. The van der Waals surface area contributed by atoms with Crippen molar-refractivity contribution in [2.75, 3.05) is 0 Å². The fourth-order valence-electron chi connectivity index (χ4n) is 4.18. The van der Waals surface area contributed by atoms with E-state index in [0.717, 1.165) is 28.4 Å². The summed E-state index contributed by atoms with van der Waals surface area (Å²) >= 11 is 0. The summed E-state index contributed by atoms with van der Waals surface area (Å²) in [6.45, 7) is 1.71. The number of ketones is 1. The lowest BCUT2D eigenvalue weighted by molar-refractivity contribution is -0.118. The van der Waals surface area contributed by atoms with E-state index in [1.54, 1.807) is 31.5 Å². The Morgan fingerprint density at radius 3 is 2.72 bits per heavy atom. The molecular formula is C24H20FNO3. The van der Waals surface area contributed by atoms with E-state index in [2.05, 4.69) is 4.98 Å². The number of aromatic nitrogens is 1. The van der Waals surface area contributed by atoms with Crippen molar-refractivity contribution in [2.24, 2.45) is 5.92 Å². The lowest BCUT2D eigenvalue weighted by atomic mass is 10.0. The van der Waals surface area contributed by atoms with Crippen LogP contribution in [0.15, 0.2) is 60.9 Å². The standard InChI is InChI=1S/C24H20FNO3/c1-14-10-15(2-4-21(14)25)11-16(27)12-20-23-19-13-18(3-5-22(19)29-24(20)23)28-17-6-8-26-9-7-17/h2-10,13,20,23-24H,11-12H2,1H3/t20-,23-,24+/m0/s1. The first-order chi connectivity index (χ1) is 14.1. The number of benzene rings is 2. The molecule has 5 rings (SSSR count). The second kappa shape index (κ2) is 6.99. The van der Waals surface area contributed by atoms with Gasteiger partial charge < -0.3 is 9.47 Å². The Labute approximate surface area is 168 Å². The smallest absolute Gasteiger partial charge is 0.137 e. The lowest BCUT2D eigenvalue weighted by Crippen LogP contribution is -2.08. The summed E-state index contributed by atoms with van der Waals surface area (Å²) < 4.78 is 25.3. The highest BCUT2D eigenvalue weighted by molar-refractivity contribution is 5.82. The topological polar surface area (TPSA) is 48.4 Å². The van der Waals surface area contributed by atoms with Gasteiger partial charge in [0.05, 0.1) is 0 Å². The van der Waals surface area contributed by atoms with Crippen molar-refractivity contribution in [3.8, 4) is 17.2 Å². The molecule has 146 valence electrons. The molecular weight excluding hydrogens is 369 g/mol. The predicted octanol–water partition coefficient (Wildman–Crippen LogP) is 5.00. The van der Waals surface area contributed by atoms with Gasteiger partial charge in [0.25, 0.3) is 0 Å². The Balaban J connectivity index is 1.24. The molecule has 2 aliphatic rings. The quantitative estimate of drug-likeness (QED) is 0.595. The van der Waals surface area contributed by atoms with Crippen LogP contribution in [0.25, 0.3) is 0 Å².